The second-order valence-electron chi connectivity index (χ2n) is 37.0. The molecular weight excluding hydrogens is 1630 g/mol. The van der Waals surface area contributed by atoms with Crippen molar-refractivity contribution in [2.24, 2.45) is 0 Å². The van der Waals surface area contributed by atoms with Gasteiger partial charge in [0.05, 0.1) is 17.1 Å². The molecule has 0 radical (unpaired) electrons. The van der Waals surface area contributed by atoms with Crippen LogP contribution < -0.4 is 19.6 Å². The summed E-state index contributed by atoms with van der Waals surface area (Å²) in [4.78, 5) is 15.4. The fourth-order valence-corrected chi connectivity index (χ4v) is 26.3. The van der Waals surface area contributed by atoms with E-state index in [1.807, 2.05) is 46.1 Å². The lowest BCUT2D eigenvalue weighted by molar-refractivity contribution is 0.603. The summed E-state index contributed by atoms with van der Waals surface area (Å²) >= 11 is 5.84. The molecule has 0 N–H and O–H groups in total. The van der Waals surface area contributed by atoms with Crippen LogP contribution in [0.1, 0.15) is 99.9 Å². The monoisotopic (exact) mass is 1720 g/mol. The normalized spacial score (nSPS) is 13.9. The summed E-state index contributed by atoms with van der Waals surface area (Å²) in [6.07, 6.45) is 0. The zero-order valence-electron chi connectivity index (χ0n) is 73.7. The molecule has 0 bridgehead atoms. The Balaban J connectivity index is 0.000000145. The second-order valence-corrected chi connectivity index (χ2v) is 40.1. The molecule has 4 aliphatic rings. The Kier molecular flexibility index (Phi) is 18.5. The molecule has 4 heterocycles. The van der Waals surface area contributed by atoms with Crippen molar-refractivity contribution in [3.05, 3.63) is 457 Å². The quantitative estimate of drug-likeness (QED) is 0.102. The van der Waals surface area contributed by atoms with E-state index in [-0.39, 0.29) is 21.7 Å². The van der Waals surface area contributed by atoms with Gasteiger partial charge in [-0.25, -0.2) is 0 Å². The number of furan rings is 1. The zero-order chi connectivity index (χ0) is 87.5. The van der Waals surface area contributed by atoms with Crippen LogP contribution in [0.4, 0.5) is 68.2 Å². The fourth-order valence-electron chi connectivity index (χ4n) is 21.8. The maximum absolute atomic E-state index is 6.25. The van der Waals surface area contributed by atoms with Crippen molar-refractivity contribution < 1.29 is 4.42 Å². The maximum atomic E-state index is 6.25. The van der Waals surface area contributed by atoms with Crippen molar-refractivity contribution >= 4 is 144 Å². The molecule has 8 heteroatoms. The summed E-state index contributed by atoms with van der Waals surface area (Å²) in [6, 6.07) is 151. The first-order chi connectivity index (χ1) is 63.5. The van der Waals surface area contributed by atoms with Gasteiger partial charge in [-0.15, -0.1) is 34.0 Å². The number of rotatable bonds is 15. The summed E-state index contributed by atoms with van der Waals surface area (Å²) < 4.78 is 8.87. The first-order valence-corrected chi connectivity index (χ1v) is 47.5. The van der Waals surface area contributed by atoms with Gasteiger partial charge in [0.25, 0.3) is 0 Å². The highest BCUT2D eigenvalue weighted by molar-refractivity contribution is 7.25. The van der Waals surface area contributed by atoms with Crippen LogP contribution in [0.15, 0.2) is 417 Å². The smallest absolute Gasteiger partial charge is 0.135 e. The van der Waals surface area contributed by atoms with Crippen LogP contribution >= 0.6 is 34.0 Å². The molecule has 0 saturated carbocycles. The molecule has 4 aliphatic carbocycles. The molecule has 4 aromatic heterocycles. The largest absolute Gasteiger partial charge is 0.456 e. The van der Waals surface area contributed by atoms with Gasteiger partial charge in [-0.1, -0.05) is 316 Å². The average molecular weight is 1730 g/mol. The number of hydrogen-bond acceptors (Lipinski definition) is 8. The molecule has 0 aliphatic heterocycles. The minimum atomic E-state index is -0.240. The molecule has 0 atom stereocenters. The summed E-state index contributed by atoms with van der Waals surface area (Å²) in [7, 11) is 0. The minimum absolute atomic E-state index is 0.215. The van der Waals surface area contributed by atoms with Gasteiger partial charge in [-0.05, 0) is 235 Å². The van der Waals surface area contributed by atoms with Crippen molar-refractivity contribution in [1.29, 1.82) is 0 Å². The van der Waals surface area contributed by atoms with E-state index in [1.165, 1.54) is 140 Å². The van der Waals surface area contributed by atoms with E-state index < -0.39 is 0 Å². The second kappa shape index (κ2) is 30.5. The van der Waals surface area contributed by atoms with Crippen molar-refractivity contribution in [2.45, 2.75) is 77.0 Å². The predicted molar refractivity (Wildman–Crippen MR) is 554 cm³/mol. The standard InChI is InChI=1S/C64H48N2S2.C58H44N2OS/c1-63(2)53-39-45(65(43-24-12-7-13-25-43)55-29-17-14-26-47(55)41-20-8-5-9-21-41)32-35-50(53)61-59(63)60-62(68-61)51-36-33-46(40-54(51)64(60,3)4)66(56-30-18-15-27-48(56)42-22-10-6-11-23-42)44-34-37-58-52(38-44)49-28-16-19-31-57(49)67-58;1-57(2)48-35-41(59(38-20-10-6-11-21-38)40-30-33-52-47(34-40)44-25-15-17-27-51(44)61-52)28-31-45(48)55-53(57)54-56(62-55)46-32-29-42(36-49(46)58(54,3)4)60(39-22-12-7-13-23-39)50-26-16-14-24-43(50)37-18-8-5-9-19-37/h5-40H,1-4H3;5-36H,1-4H3. The lowest BCUT2D eigenvalue weighted by Gasteiger charge is -2.32. The molecule has 21 aromatic rings. The number of thiophene rings is 3. The third kappa shape index (κ3) is 12.5. The molecule has 0 unspecified atom stereocenters. The molecule has 624 valence electrons. The molecule has 0 amide bonds. The van der Waals surface area contributed by atoms with Gasteiger partial charge in [0.2, 0.25) is 0 Å². The number of nitrogens with zero attached hydrogens (tertiary/aromatic N) is 4. The van der Waals surface area contributed by atoms with E-state index in [0.29, 0.717) is 0 Å². The summed E-state index contributed by atoms with van der Waals surface area (Å²) in [5.74, 6) is 0. The van der Waals surface area contributed by atoms with Crippen LogP contribution in [0.3, 0.4) is 0 Å². The highest BCUT2D eigenvalue weighted by Gasteiger charge is 2.51. The predicted octanol–water partition coefficient (Wildman–Crippen LogP) is 35.9. The highest BCUT2D eigenvalue weighted by Crippen LogP contribution is 2.67. The number of benzene rings is 17. The summed E-state index contributed by atoms with van der Waals surface area (Å²) in [5, 5.41) is 4.85. The average Bonchev–Trinajstić information content (AvgIpc) is 1.52. The van der Waals surface area contributed by atoms with Crippen LogP contribution in [-0.2, 0) is 21.7 Å². The fraction of sp³-hybridized carbons (Fsp3) is 0.0984. The van der Waals surface area contributed by atoms with Crippen molar-refractivity contribution in [2.75, 3.05) is 19.6 Å². The molecule has 0 fully saturated rings. The van der Waals surface area contributed by atoms with Gasteiger partial charge in [-0.2, -0.15) is 0 Å². The van der Waals surface area contributed by atoms with Crippen LogP contribution in [0.25, 0.3) is 117 Å². The van der Waals surface area contributed by atoms with Gasteiger partial charge in [0.15, 0.2) is 0 Å². The van der Waals surface area contributed by atoms with E-state index >= 15 is 0 Å². The molecule has 5 nitrogen and oxygen atoms in total. The third-order valence-electron chi connectivity index (χ3n) is 28.0. The topological polar surface area (TPSA) is 26.1 Å². The maximum Gasteiger partial charge on any atom is 0.135 e. The Morgan fingerprint density at radius 1 is 0.192 bits per heavy atom. The number of para-hydroxylation sites is 7. The number of hydrogen-bond donors (Lipinski definition) is 0. The number of anilines is 12. The van der Waals surface area contributed by atoms with E-state index in [1.54, 1.807) is 0 Å². The lowest BCUT2D eigenvalue weighted by Crippen LogP contribution is -2.23. The molecule has 25 rings (SSSR count). The van der Waals surface area contributed by atoms with Crippen LogP contribution in [0.5, 0.6) is 0 Å². The molecule has 17 aromatic carbocycles. The van der Waals surface area contributed by atoms with E-state index in [9.17, 15) is 0 Å². The van der Waals surface area contributed by atoms with Crippen molar-refractivity contribution in [3.63, 3.8) is 0 Å². The van der Waals surface area contributed by atoms with E-state index in [4.69, 9.17) is 4.42 Å². The Bertz CT molecular complexity index is 8060. The molecular formula is C122H92N4OS3. The van der Waals surface area contributed by atoms with Gasteiger partial charge >= 0.3 is 0 Å². The minimum Gasteiger partial charge on any atom is -0.456 e. The van der Waals surface area contributed by atoms with Crippen LogP contribution in [-0.4, -0.2) is 0 Å². The van der Waals surface area contributed by atoms with Gasteiger partial charge < -0.3 is 24.0 Å². The Hall–Kier alpha value is -14.6. The van der Waals surface area contributed by atoms with Crippen LogP contribution in [0.2, 0.25) is 0 Å². The summed E-state index contributed by atoms with van der Waals surface area (Å²) in [6.45, 7) is 19.6. The first kappa shape index (κ1) is 78.8. The third-order valence-corrected chi connectivity index (χ3v) is 31.7. The Morgan fingerprint density at radius 3 is 0.877 bits per heavy atom. The van der Waals surface area contributed by atoms with Gasteiger partial charge in [-0.3, -0.25) is 0 Å². The van der Waals surface area contributed by atoms with Crippen LogP contribution in [0, 0.1) is 0 Å². The Morgan fingerprint density at radius 2 is 0.469 bits per heavy atom. The molecule has 0 spiro atoms. The van der Waals surface area contributed by atoms with E-state index in [2.05, 4.69) is 475 Å². The number of fused-ring (bicyclic) bond motifs is 20. The molecule has 130 heavy (non-hydrogen) atoms. The zero-order valence-corrected chi connectivity index (χ0v) is 76.1. The Labute approximate surface area is 771 Å². The van der Waals surface area contributed by atoms with Crippen molar-refractivity contribution in [3.8, 4) is 75.1 Å². The van der Waals surface area contributed by atoms with Crippen molar-refractivity contribution in [1.82, 2.24) is 0 Å². The lowest BCUT2D eigenvalue weighted by atomic mass is 9.74. The SMILES string of the molecule is CC1(C)c2cc(N(c3ccccc3)c3ccc4oc5ccccc5c4c3)ccc2-c2sc3c(c21)C(C)(C)c1cc(N(c2ccccc2)c2ccccc2-c2ccccc2)ccc1-3.CC1(C)c2cc(N(c3ccccc3)c3ccccc3-c3ccccc3)ccc2-c2sc3c(c21)C(C)(C)c1cc(N(c2ccc4sc5ccccc5c4c2)c2ccccc2-c2ccccc2)ccc1-3. The van der Waals surface area contributed by atoms with E-state index in [0.717, 1.165) is 90.2 Å². The van der Waals surface area contributed by atoms with Gasteiger partial charge in [0, 0.05) is 140 Å². The summed E-state index contributed by atoms with van der Waals surface area (Å²) in [5.41, 5.74) is 38.7. The molecule has 0 saturated heterocycles. The first-order valence-electron chi connectivity index (χ1n) is 45.1. The highest BCUT2D eigenvalue weighted by atomic mass is 32.1. The van der Waals surface area contributed by atoms with Gasteiger partial charge in [0.1, 0.15) is 11.2 Å².